The number of alkyl halides is 3. The molecule has 15 heteroatoms. The Morgan fingerprint density at radius 1 is 1.00 bits per heavy atom. The number of benzene rings is 1. The second kappa shape index (κ2) is 12.3. The van der Waals surface area contributed by atoms with Crippen molar-refractivity contribution in [2.75, 3.05) is 17.7 Å². The molecule has 2 aromatic heterocycles. The van der Waals surface area contributed by atoms with Gasteiger partial charge >= 0.3 is 13.8 Å². The molecule has 3 heterocycles. The van der Waals surface area contributed by atoms with Crippen LogP contribution in [0.4, 0.5) is 36.4 Å². The summed E-state index contributed by atoms with van der Waals surface area (Å²) in [5, 5.41) is 14.0. The number of amides is 1. The number of fused-ring (bicyclic) bond motifs is 1. The number of halogens is 3. The van der Waals surface area contributed by atoms with Crippen LogP contribution in [0.3, 0.4) is 0 Å². The van der Waals surface area contributed by atoms with E-state index in [9.17, 15) is 37.4 Å². The van der Waals surface area contributed by atoms with Crippen LogP contribution >= 0.6 is 7.60 Å². The first-order valence-electron chi connectivity index (χ1n) is 14.8. The van der Waals surface area contributed by atoms with Gasteiger partial charge in [-0.2, -0.15) is 18.2 Å². The van der Waals surface area contributed by atoms with Crippen LogP contribution in [0.1, 0.15) is 90.9 Å². The van der Waals surface area contributed by atoms with Gasteiger partial charge in [0.15, 0.2) is 0 Å². The second-order valence-corrected chi connectivity index (χ2v) is 13.6. The van der Waals surface area contributed by atoms with Gasteiger partial charge in [-0.3, -0.25) is 9.36 Å². The summed E-state index contributed by atoms with van der Waals surface area (Å²) in [5.74, 6) is -0.809. The lowest BCUT2D eigenvalue weighted by Crippen LogP contribution is -2.24. The molecule has 0 bridgehead atoms. The summed E-state index contributed by atoms with van der Waals surface area (Å²) in [7, 11) is -2.90. The van der Waals surface area contributed by atoms with E-state index in [0.29, 0.717) is 36.7 Å². The smallest absolute Gasteiger partial charge is 0.393 e. The highest BCUT2D eigenvalue weighted by atomic mass is 31.2. The lowest BCUT2D eigenvalue weighted by atomic mass is 9.80. The van der Waals surface area contributed by atoms with Gasteiger partial charge in [-0.25, -0.2) is 9.97 Å². The number of aliphatic hydroxyl groups is 1. The molecule has 1 amide bonds. The average molecular weight is 649 g/mol. The summed E-state index contributed by atoms with van der Waals surface area (Å²) in [4.78, 5) is 46.9. The van der Waals surface area contributed by atoms with Crippen LogP contribution in [-0.2, 0) is 22.4 Å². The molecule has 0 saturated heterocycles. The first kappa shape index (κ1) is 32.8. The fraction of sp³-hybridized carbons (Fsp3) is 0.467. The van der Waals surface area contributed by atoms with E-state index in [2.05, 4.69) is 25.6 Å². The van der Waals surface area contributed by atoms with Crippen molar-refractivity contribution in [3.8, 4) is 0 Å². The van der Waals surface area contributed by atoms with Crippen molar-refractivity contribution < 1.29 is 37.4 Å². The van der Waals surface area contributed by atoms with E-state index < -0.39 is 30.3 Å². The Morgan fingerprint density at radius 3 is 2.27 bits per heavy atom. The quantitative estimate of drug-likeness (QED) is 0.170. The molecule has 1 aromatic carbocycles. The molecule has 1 fully saturated rings. The minimum Gasteiger partial charge on any atom is -0.393 e. The van der Waals surface area contributed by atoms with Gasteiger partial charge < -0.3 is 30.4 Å². The standard InChI is InChI=1S/C30H36F3N6O5P/c1-4-29(5-2,45(42,43)44)18-8-13-24(34-14-18)37-28-35-15-22(30(31,32)33)26(38-28)36-23-12-11-20(17-6-9-19(40)10-7-17)21-16-39(3)27(41)25(21)23/h8,11-15,17,19,40H,4-7,9-10,16H2,1-3H3,(H2,42,43,44)(H2,34,35,36,37,38)/t17-,19-. The number of carbonyl (C=O) groups excluding carboxylic acids is 1. The van der Waals surface area contributed by atoms with Crippen molar-refractivity contribution in [1.82, 2.24) is 19.9 Å². The number of aliphatic hydroxyl groups excluding tert-OH is 1. The first-order chi connectivity index (χ1) is 21.2. The molecule has 0 spiro atoms. The number of carbonyl (C=O) groups is 1. The van der Waals surface area contributed by atoms with Crippen LogP contribution in [0, 0.1) is 0 Å². The van der Waals surface area contributed by atoms with Crippen LogP contribution in [0.5, 0.6) is 0 Å². The summed E-state index contributed by atoms with van der Waals surface area (Å²) < 4.78 is 54.5. The molecule has 0 unspecified atom stereocenters. The van der Waals surface area contributed by atoms with Crippen LogP contribution in [0.25, 0.3) is 0 Å². The largest absolute Gasteiger partial charge is 0.421 e. The molecule has 242 valence electrons. The SMILES string of the molecule is CCC(CC)(c1ccc(Nc2ncc(C(F)(F)F)c(Nc3ccc([C@H]4CC[C@H](O)CC4)c4c3C(=O)N(C)C4)n2)nc1)P(=O)(O)O. The van der Waals surface area contributed by atoms with Gasteiger partial charge in [0.1, 0.15) is 17.2 Å². The third kappa shape index (κ3) is 6.29. The van der Waals surface area contributed by atoms with E-state index >= 15 is 0 Å². The molecule has 45 heavy (non-hydrogen) atoms. The van der Waals surface area contributed by atoms with E-state index in [4.69, 9.17) is 0 Å². The van der Waals surface area contributed by atoms with Gasteiger partial charge in [0.2, 0.25) is 5.95 Å². The highest BCUT2D eigenvalue weighted by Crippen LogP contribution is 2.60. The number of nitrogens with zero attached hydrogens (tertiary/aromatic N) is 4. The van der Waals surface area contributed by atoms with Gasteiger partial charge in [-0.15, -0.1) is 0 Å². The van der Waals surface area contributed by atoms with Gasteiger partial charge in [-0.05, 0) is 73.3 Å². The van der Waals surface area contributed by atoms with E-state index in [1.807, 2.05) is 6.07 Å². The Morgan fingerprint density at radius 2 is 1.69 bits per heavy atom. The molecular weight excluding hydrogens is 612 g/mol. The number of hydrogen-bond donors (Lipinski definition) is 5. The lowest BCUT2D eigenvalue weighted by molar-refractivity contribution is -0.137. The van der Waals surface area contributed by atoms with Crippen LogP contribution in [0.2, 0.25) is 0 Å². The van der Waals surface area contributed by atoms with Gasteiger partial charge in [0, 0.05) is 26.0 Å². The zero-order valence-electron chi connectivity index (χ0n) is 25.1. The molecule has 2 aliphatic rings. The van der Waals surface area contributed by atoms with E-state index in [1.54, 1.807) is 27.0 Å². The molecule has 1 aliphatic heterocycles. The van der Waals surface area contributed by atoms with Crippen molar-refractivity contribution in [2.24, 2.45) is 0 Å². The summed E-state index contributed by atoms with van der Waals surface area (Å²) in [5.41, 5.74) is 1.39. The fourth-order valence-electron chi connectivity index (χ4n) is 6.42. The Bertz CT molecular complexity index is 1620. The topological polar surface area (TPSA) is 161 Å². The molecule has 0 radical (unpaired) electrons. The average Bonchev–Trinajstić information content (AvgIpc) is 3.28. The third-order valence-corrected chi connectivity index (χ3v) is 11.1. The summed E-state index contributed by atoms with van der Waals surface area (Å²) in [6.45, 7) is 3.67. The Labute approximate surface area is 258 Å². The number of aromatic nitrogens is 3. The summed E-state index contributed by atoms with van der Waals surface area (Å²) in [6, 6.07) is 6.38. The van der Waals surface area contributed by atoms with Crippen LogP contribution in [0.15, 0.2) is 36.7 Å². The van der Waals surface area contributed by atoms with Crippen molar-refractivity contribution in [3.63, 3.8) is 0 Å². The Hall–Kier alpha value is -3.58. The monoisotopic (exact) mass is 648 g/mol. The number of pyridine rings is 1. The highest BCUT2D eigenvalue weighted by Gasteiger charge is 2.45. The number of rotatable bonds is 9. The molecule has 5 rings (SSSR count). The molecular formula is C30H36F3N6O5P. The number of nitrogens with one attached hydrogen (secondary N) is 2. The first-order valence-corrected chi connectivity index (χ1v) is 16.4. The van der Waals surface area contributed by atoms with Crippen molar-refractivity contribution in [3.05, 3.63) is 64.5 Å². The zero-order chi connectivity index (χ0) is 32.7. The maximum absolute atomic E-state index is 14.1. The minimum atomic E-state index is -4.81. The van der Waals surface area contributed by atoms with Crippen LogP contribution < -0.4 is 10.6 Å². The minimum absolute atomic E-state index is 0.136. The molecule has 0 atom stereocenters. The third-order valence-electron chi connectivity index (χ3n) is 9.06. The predicted octanol–water partition coefficient (Wildman–Crippen LogP) is 6.17. The van der Waals surface area contributed by atoms with Gasteiger partial charge in [0.25, 0.3) is 5.91 Å². The number of hydrogen-bond acceptors (Lipinski definition) is 8. The maximum atomic E-state index is 14.1. The van der Waals surface area contributed by atoms with Crippen molar-refractivity contribution >= 4 is 36.8 Å². The van der Waals surface area contributed by atoms with E-state index in [-0.39, 0.29) is 48.2 Å². The highest BCUT2D eigenvalue weighted by molar-refractivity contribution is 7.53. The maximum Gasteiger partial charge on any atom is 0.421 e. The summed E-state index contributed by atoms with van der Waals surface area (Å²) >= 11 is 0. The van der Waals surface area contributed by atoms with E-state index in [0.717, 1.165) is 24.0 Å². The molecule has 5 N–H and O–H groups in total. The normalized spacial score (nSPS) is 19.0. The lowest BCUT2D eigenvalue weighted by Gasteiger charge is -2.32. The van der Waals surface area contributed by atoms with Gasteiger partial charge in [-0.1, -0.05) is 26.0 Å². The predicted molar refractivity (Wildman–Crippen MR) is 162 cm³/mol. The fourth-order valence-corrected chi connectivity index (χ4v) is 7.71. The van der Waals surface area contributed by atoms with Crippen molar-refractivity contribution in [2.45, 2.75) is 82.3 Å². The van der Waals surface area contributed by atoms with Crippen molar-refractivity contribution in [1.29, 1.82) is 0 Å². The Balaban J connectivity index is 1.47. The van der Waals surface area contributed by atoms with Gasteiger partial charge in [0.05, 0.1) is 22.5 Å². The zero-order valence-corrected chi connectivity index (χ0v) is 26.0. The van der Waals surface area contributed by atoms with E-state index in [1.165, 1.54) is 23.2 Å². The van der Waals surface area contributed by atoms with Crippen LogP contribution in [-0.4, -0.2) is 53.8 Å². The summed E-state index contributed by atoms with van der Waals surface area (Å²) in [6.07, 6.45) is -0.0601. The molecule has 11 nitrogen and oxygen atoms in total. The molecule has 1 aliphatic carbocycles. The molecule has 3 aromatic rings. The second-order valence-electron chi connectivity index (χ2n) is 11.6. The Kier molecular flexibility index (Phi) is 8.98. The number of anilines is 4. The molecule has 1 saturated carbocycles.